The first-order valence-corrected chi connectivity index (χ1v) is 22.3. The molecule has 3 aromatic carbocycles. The van der Waals surface area contributed by atoms with Crippen LogP contribution < -0.4 is 15.5 Å². The number of piperidine rings is 2. The maximum Gasteiger partial charge on any atom is 0.255 e. The van der Waals surface area contributed by atoms with E-state index in [2.05, 4.69) is 59.6 Å². The van der Waals surface area contributed by atoms with Gasteiger partial charge in [0.2, 0.25) is 11.8 Å². The standard InChI is InChI=1S/C46H48FN9O4S/c47-38-25-32(24-36-37(38)27-56(45(36)60)42(44(59)51-46-48-15-23-61-46)41-39-2-1-16-55(39)28-49-41)30-7-9-33(10-8-30)53-17-13-34(14-18-53)54-21-19-52(20-22-54)26-29-3-5-31(6-4-29)35-11-12-40(57)50-43(35)58/h3-10,15,23-25,28,34-35,42H,1-2,11-14,16-22,26-27H2,(H,48,51,59)(H,50,57,58). The van der Waals surface area contributed by atoms with Crippen molar-refractivity contribution in [2.24, 2.45) is 0 Å². The smallest absolute Gasteiger partial charge is 0.255 e. The molecule has 10 rings (SSSR count). The number of piperazine rings is 1. The number of anilines is 2. The topological polar surface area (TPSA) is 136 Å². The van der Waals surface area contributed by atoms with Gasteiger partial charge in [-0.2, -0.15) is 0 Å². The van der Waals surface area contributed by atoms with E-state index in [1.807, 2.05) is 28.8 Å². The highest BCUT2D eigenvalue weighted by Gasteiger charge is 2.42. The molecule has 13 nitrogen and oxygen atoms in total. The lowest BCUT2D eigenvalue weighted by Crippen LogP contribution is -2.53. The highest BCUT2D eigenvalue weighted by Crippen LogP contribution is 2.38. The van der Waals surface area contributed by atoms with E-state index in [1.54, 1.807) is 24.0 Å². The summed E-state index contributed by atoms with van der Waals surface area (Å²) >= 11 is 1.29. The number of imide groups is 1. The highest BCUT2D eigenvalue weighted by atomic mass is 32.1. The van der Waals surface area contributed by atoms with Gasteiger partial charge in [0.1, 0.15) is 5.82 Å². The van der Waals surface area contributed by atoms with Crippen LogP contribution in [0, 0.1) is 5.82 Å². The Kier molecular flexibility index (Phi) is 10.7. The maximum absolute atomic E-state index is 15.9. The van der Waals surface area contributed by atoms with E-state index in [1.165, 1.54) is 27.9 Å². The molecule has 0 radical (unpaired) electrons. The van der Waals surface area contributed by atoms with Crippen LogP contribution in [0.4, 0.5) is 15.2 Å². The third-order valence-electron chi connectivity index (χ3n) is 13.3. The molecule has 0 spiro atoms. The lowest BCUT2D eigenvalue weighted by atomic mass is 9.90. The number of halogens is 1. The van der Waals surface area contributed by atoms with Crippen LogP contribution in [0.3, 0.4) is 0 Å². The molecule has 0 aliphatic carbocycles. The van der Waals surface area contributed by atoms with Gasteiger partial charge in [-0.05, 0) is 78.6 Å². The molecule has 7 heterocycles. The van der Waals surface area contributed by atoms with Crippen LogP contribution in [-0.2, 0) is 40.4 Å². The van der Waals surface area contributed by atoms with Gasteiger partial charge in [0.25, 0.3) is 11.8 Å². The average molecular weight is 842 g/mol. The summed E-state index contributed by atoms with van der Waals surface area (Å²) < 4.78 is 18.0. The molecule has 3 fully saturated rings. The molecule has 2 N–H and O–H groups in total. The molecule has 4 amide bonds. The number of rotatable bonds is 10. The largest absolute Gasteiger partial charge is 0.371 e. The third kappa shape index (κ3) is 7.86. The van der Waals surface area contributed by atoms with E-state index in [0.717, 1.165) is 101 Å². The molecule has 3 saturated heterocycles. The van der Waals surface area contributed by atoms with Crippen molar-refractivity contribution in [3.8, 4) is 11.1 Å². The Morgan fingerprint density at radius 2 is 1.67 bits per heavy atom. The number of carbonyl (C=O) groups excluding carboxylic acids is 4. The Balaban J connectivity index is 0.743. The van der Waals surface area contributed by atoms with Gasteiger partial charge in [0, 0.05) is 98.9 Å². The van der Waals surface area contributed by atoms with Crippen LogP contribution in [0.2, 0.25) is 0 Å². The summed E-state index contributed by atoms with van der Waals surface area (Å²) in [6, 6.07) is 19.2. The Morgan fingerprint density at radius 3 is 2.41 bits per heavy atom. The second-order valence-corrected chi connectivity index (χ2v) is 17.7. The average Bonchev–Trinajstić information content (AvgIpc) is 4.10. The van der Waals surface area contributed by atoms with Gasteiger partial charge in [-0.1, -0.05) is 36.4 Å². The van der Waals surface area contributed by atoms with Gasteiger partial charge in [0.15, 0.2) is 11.2 Å². The fourth-order valence-corrected chi connectivity index (χ4v) is 10.5. The number of benzene rings is 3. The molecular formula is C46H48FN9O4S. The van der Waals surface area contributed by atoms with E-state index < -0.39 is 23.7 Å². The number of nitrogens with zero attached hydrogens (tertiary/aromatic N) is 7. The molecule has 0 bridgehead atoms. The molecule has 2 atom stereocenters. The number of hydrogen-bond acceptors (Lipinski definition) is 10. The number of carbonyl (C=O) groups is 4. The summed E-state index contributed by atoms with van der Waals surface area (Å²) in [6.45, 7) is 7.68. The predicted molar refractivity (Wildman–Crippen MR) is 229 cm³/mol. The summed E-state index contributed by atoms with van der Waals surface area (Å²) in [6.07, 6.45) is 8.14. The minimum atomic E-state index is -1.03. The van der Waals surface area contributed by atoms with Gasteiger partial charge in [-0.25, -0.2) is 14.4 Å². The highest BCUT2D eigenvalue weighted by molar-refractivity contribution is 7.13. The van der Waals surface area contributed by atoms with E-state index >= 15 is 4.39 Å². The summed E-state index contributed by atoms with van der Waals surface area (Å²) in [5.41, 5.74) is 6.78. The van der Waals surface area contributed by atoms with Gasteiger partial charge < -0.3 is 14.4 Å². The molecule has 2 aromatic heterocycles. The van der Waals surface area contributed by atoms with Crippen molar-refractivity contribution in [3.05, 3.63) is 118 Å². The van der Waals surface area contributed by atoms with E-state index in [0.29, 0.717) is 35.3 Å². The first kappa shape index (κ1) is 39.4. The van der Waals surface area contributed by atoms with Crippen molar-refractivity contribution in [2.45, 2.75) is 76.2 Å². The lowest BCUT2D eigenvalue weighted by molar-refractivity contribution is -0.134. The van der Waals surface area contributed by atoms with Crippen LogP contribution in [0.25, 0.3) is 11.1 Å². The quantitative estimate of drug-likeness (QED) is 0.169. The Morgan fingerprint density at radius 1 is 0.885 bits per heavy atom. The van der Waals surface area contributed by atoms with Gasteiger partial charge in [-0.15, -0.1) is 11.3 Å². The lowest BCUT2D eigenvalue weighted by Gasteiger charge is -2.43. The van der Waals surface area contributed by atoms with Crippen LogP contribution in [0.15, 0.2) is 78.6 Å². The van der Waals surface area contributed by atoms with Crippen LogP contribution in [0.5, 0.6) is 0 Å². The fourth-order valence-electron chi connectivity index (χ4n) is 9.93. The van der Waals surface area contributed by atoms with Crippen molar-refractivity contribution in [3.63, 3.8) is 0 Å². The Bertz CT molecular complexity index is 2460. The van der Waals surface area contributed by atoms with Crippen LogP contribution in [-0.4, -0.2) is 98.2 Å². The molecule has 5 aliphatic heterocycles. The SMILES string of the molecule is O=C1CCC(c2ccc(CN3CCN(C4CCN(c5ccc(-c6cc(F)c7c(c6)C(=O)N(C(C(=O)Nc6nccs6)c6ncn8c6CCC8)C7)cc5)CC4)CC3)cc2)C(=O)N1. The van der Waals surface area contributed by atoms with Crippen molar-refractivity contribution in [1.29, 1.82) is 0 Å². The van der Waals surface area contributed by atoms with Crippen LogP contribution >= 0.6 is 11.3 Å². The monoisotopic (exact) mass is 841 g/mol. The number of aryl methyl sites for hydroxylation is 1. The van der Waals surface area contributed by atoms with Crippen molar-refractivity contribution >= 4 is 45.8 Å². The normalized spacial score (nSPS) is 20.5. The molecule has 2 unspecified atom stereocenters. The van der Waals surface area contributed by atoms with Gasteiger partial charge in [-0.3, -0.25) is 39.6 Å². The zero-order valence-corrected chi connectivity index (χ0v) is 34.7. The Hall–Kier alpha value is -5.77. The minimum absolute atomic E-state index is 0.0306. The number of thiazole rings is 1. The van der Waals surface area contributed by atoms with Crippen LogP contribution in [0.1, 0.15) is 82.5 Å². The van der Waals surface area contributed by atoms with E-state index in [9.17, 15) is 19.2 Å². The summed E-state index contributed by atoms with van der Waals surface area (Å²) in [4.78, 5) is 69.6. The third-order valence-corrected chi connectivity index (χ3v) is 14.0. The minimum Gasteiger partial charge on any atom is -0.371 e. The predicted octanol–water partition coefficient (Wildman–Crippen LogP) is 5.73. The number of hydrogen-bond donors (Lipinski definition) is 2. The van der Waals surface area contributed by atoms with E-state index in [4.69, 9.17) is 0 Å². The maximum atomic E-state index is 15.9. The van der Waals surface area contributed by atoms with Gasteiger partial charge in [0.05, 0.1) is 24.5 Å². The van der Waals surface area contributed by atoms with Crippen molar-refractivity contribution < 1.29 is 23.6 Å². The second kappa shape index (κ2) is 16.6. The molecule has 61 heavy (non-hydrogen) atoms. The number of imidazole rings is 1. The number of fused-ring (bicyclic) bond motifs is 2. The van der Waals surface area contributed by atoms with Crippen molar-refractivity contribution in [1.82, 2.24) is 34.6 Å². The molecule has 5 aliphatic rings. The zero-order valence-electron chi connectivity index (χ0n) is 33.9. The molecule has 15 heteroatoms. The Labute approximate surface area is 357 Å². The van der Waals surface area contributed by atoms with Gasteiger partial charge >= 0.3 is 0 Å². The molecule has 0 saturated carbocycles. The second-order valence-electron chi connectivity index (χ2n) is 16.8. The number of amides is 4. The first-order chi connectivity index (χ1) is 29.8. The number of nitrogens with one attached hydrogen (secondary N) is 2. The number of aromatic nitrogens is 3. The molecule has 5 aromatic rings. The van der Waals surface area contributed by atoms with E-state index in [-0.39, 0.29) is 35.4 Å². The van der Waals surface area contributed by atoms with Crippen molar-refractivity contribution in [2.75, 3.05) is 49.5 Å². The summed E-state index contributed by atoms with van der Waals surface area (Å²) in [7, 11) is 0. The fraction of sp³-hybridized carbons (Fsp3) is 0.391. The molecule has 314 valence electrons. The zero-order chi connectivity index (χ0) is 41.6. The summed E-state index contributed by atoms with van der Waals surface area (Å²) in [5, 5.41) is 7.51. The molecular weight excluding hydrogens is 794 g/mol. The first-order valence-electron chi connectivity index (χ1n) is 21.4. The summed E-state index contributed by atoms with van der Waals surface area (Å²) in [5.74, 6) is -1.92.